The maximum Gasteiger partial charge on any atom is 0.226 e. The number of anilines is 1. The molecule has 4 rings (SSSR count). The van der Waals surface area contributed by atoms with Crippen LogP contribution in [-0.4, -0.2) is 73.1 Å². The number of fused-ring (bicyclic) bond motifs is 1. The van der Waals surface area contributed by atoms with E-state index in [9.17, 15) is 15.0 Å². The normalized spacial score (nSPS) is 28.0. The van der Waals surface area contributed by atoms with Gasteiger partial charge < -0.3 is 30.2 Å². The van der Waals surface area contributed by atoms with Crippen LogP contribution in [0.2, 0.25) is 5.28 Å². The predicted octanol–water partition coefficient (Wildman–Crippen LogP) is 0.632. The van der Waals surface area contributed by atoms with Gasteiger partial charge in [0, 0.05) is 25.7 Å². The van der Waals surface area contributed by atoms with E-state index in [1.807, 2.05) is 0 Å². The number of aliphatic hydroxyl groups excluding tert-OH is 2. The molecule has 2 aromatic rings. The van der Waals surface area contributed by atoms with Crippen molar-refractivity contribution in [2.24, 2.45) is 0 Å². The van der Waals surface area contributed by atoms with Crippen LogP contribution in [-0.2, 0) is 9.53 Å². The number of ether oxygens (including phenoxy) is 1. The van der Waals surface area contributed by atoms with Gasteiger partial charge in [0.2, 0.25) is 11.2 Å². The molecule has 2 aromatic heterocycles. The number of carbonyl (C=O) groups is 1. The lowest BCUT2D eigenvalue weighted by atomic mass is 10.1. The molecule has 0 aromatic carbocycles. The van der Waals surface area contributed by atoms with E-state index in [0.29, 0.717) is 43.0 Å². The fourth-order valence-corrected chi connectivity index (χ4v) is 4.17. The second-order valence-corrected chi connectivity index (χ2v) is 7.85. The third kappa shape index (κ3) is 4.02. The highest BCUT2D eigenvalue weighted by Crippen LogP contribution is 2.34. The molecule has 0 radical (unpaired) electrons. The number of aliphatic hydroxyl groups is 2. The van der Waals surface area contributed by atoms with E-state index in [4.69, 9.17) is 16.3 Å². The van der Waals surface area contributed by atoms with Gasteiger partial charge in [-0.25, -0.2) is 4.98 Å². The molecule has 1 aliphatic carbocycles. The fourth-order valence-electron chi connectivity index (χ4n) is 4.00. The van der Waals surface area contributed by atoms with Crippen molar-refractivity contribution in [2.45, 2.75) is 62.9 Å². The summed E-state index contributed by atoms with van der Waals surface area (Å²) < 4.78 is 7.09. The molecule has 4 atom stereocenters. The standard InChI is InChI=1S/C18H25ClN6O4/c1-2-12(26)22-10-7-11(15(28)14(10)27)25-8-20-13-16(23-18(19)24-17(13)25)21-9-3-5-29-6-4-9/h8-11,14-15,27-28H,2-7H2,1H3,(H,22,26)(H,21,23,24)/t10-,11+,14+,15-/m0/s1. The van der Waals surface area contributed by atoms with Crippen LogP contribution in [0.5, 0.6) is 0 Å². The fraction of sp³-hybridized carbons (Fsp3) is 0.667. The van der Waals surface area contributed by atoms with Crippen LogP contribution in [0.25, 0.3) is 11.2 Å². The molecule has 1 saturated heterocycles. The van der Waals surface area contributed by atoms with Crippen molar-refractivity contribution in [1.82, 2.24) is 24.8 Å². The van der Waals surface area contributed by atoms with Crippen molar-refractivity contribution in [3.63, 3.8) is 0 Å². The molecule has 0 bridgehead atoms. The third-order valence-electron chi connectivity index (χ3n) is 5.63. The Morgan fingerprint density at radius 1 is 1.31 bits per heavy atom. The summed E-state index contributed by atoms with van der Waals surface area (Å²) in [4.78, 5) is 24.8. The first kappa shape index (κ1) is 20.3. The Balaban J connectivity index is 1.62. The Kier molecular flexibility index (Phi) is 5.86. The molecule has 158 valence electrons. The van der Waals surface area contributed by atoms with E-state index in [-0.39, 0.29) is 17.2 Å². The first-order chi connectivity index (χ1) is 14.0. The Hall–Kier alpha value is -2.01. The molecular formula is C18H25ClN6O4. The minimum Gasteiger partial charge on any atom is -0.388 e. The SMILES string of the molecule is CCC(=O)N[C@H]1C[C@@H](n2cnc3c(NC4CCOCC4)nc(Cl)nc32)[C@H](O)[C@@H]1O. The van der Waals surface area contributed by atoms with Gasteiger partial charge in [-0.1, -0.05) is 6.92 Å². The first-order valence-electron chi connectivity index (χ1n) is 9.87. The highest BCUT2D eigenvalue weighted by molar-refractivity contribution is 6.28. The van der Waals surface area contributed by atoms with Crippen LogP contribution in [0.4, 0.5) is 5.82 Å². The molecule has 3 heterocycles. The number of amides is 1. The molecule has 11 heteroatoms. The maximum absolute atomic E-state index is 11.7. The van der Waals surface area contributed by atoms with Gasteiger partial charge in [-0.3, -0.25) is 4.79 Å². The van der Waals surface area contributed by atoms with E-state index < -0.39 is 24.3 Å². The summed E-state index contributed by atoms with van der Waals surface area (Å²) in [7, 11) is 0. The zero-order valence-corrected chi connectivity index (χ0v) is 16.8. The van der Waals surface area contributed by atoms with Crippen LogP contribution in [0.3, 0.4) is 0 Å². The number of rotatable bonds is 5. The Morgan fingerprint density at radius 3 is 2.79 bits per heavy atom. The summed E-state index contributed by atoms with van der Waals surface area (Å²) >= 11 is 6.16. The summed E-state index contributed by atoms with van der Waals surface area (Å²) in [5, 5.41) is 27.2. The number of hydrogen-bond acceptors (Lipinski definition) is 8. The zero-order valence-electron chi connectivity index (χ0n) is 16.1. The minimum atomic E-state index is -1.08. The average Bonchev–Trinajstić information content (AvgIpc) is 3.25. The summed E-state index contributed by atoms with van der Waals surface area (Å²) in [5.41, 5.74) is 1.02. The van der Waals surface area contributed by atoms with Gasteiger partial charge in [0.1, 0.15) is 12.2 Å². The molecule has 1 aliphatic heterocycles. The molecule has 0 spiro atoms. The predicted molar refractivity (Wildman–Crippen MR) is 106 cm³/mol. The molecule has 2 aliphatic rings. The highest BCUT2D eigenvalue weighted by atomic mass is 35.5. The van der Waals surface area contributed by atoms with Gasteiger partial charge in [0.15, 0.2) is 17.0 Å². The number of hydrogen-bond donors (Lipinski definition) is 4. The smallest absolute Gasteiger partial charge is 0.226 e. The third-order valence-corrected chi connectivity index (χ3v) is 5.80. The summed E-state index contributed by atoms with van der Waals surface area (Å²) in [6, 6.07) is -0.841. The Morgan fingerprint density at radius 2 is 2.07 bits per heavy atom. The van der Waals surface area contributed by atoms with Crippen LogP contribution in [0, 0.1) is 0 Å². The van der Waals surface area contributed by atoms with E-state index >= 15 is 0 Å². The largest absolute Gasteiger partial charge is 0.388 e. The number of halogens is 1. The van der Waals surface area contributed by atoms with Crippen molar-refractivity contribution < 1.29 is 19.7 Å². The summed E-state index contributed by atoms with van der Waals surface area (Å²) in [6.07, 6.45) is 1.79. The highest BCUT2D eigenvalue weighted by Gasteiger charge is 2.43. The van der Waals surface area contributed by atoms with Crippen molar-refractivity contribution in [1.29, 1.82) is 0 Å². The van der Waals surface area contributed by atoms with E-state index in [2.05, 4.69) is 25.6 Å². The minimum absolute atomic E-state index is 0.0673. The molecular weight excluding hydrogens is 400 g/mol. The summed E-state index contributed by atoms with van der Waals surface area (Å²) in [5.74, 6) is 0.361. The van der Waals surface area contributed by atoms with E-state index in [0.717, 1.165) is 12.8 Å². The number of imidazole rings is 1. The van der Waals surface area contributed by atoms with Crippen LogP contribution >= 0.6 is 11.6 Å². The second kappa shape index (κ2) is 8.39. The molecule has 4 N–H and O–H groups in total. The van der Waals surface area contributed by atoms with Crippen LogP contribution in [0.15, 0.2) is 6.33 Å². The lowest BCUT2D eigenvalue weighted by Crippen LogP contribution is -2.42. The maximum atomic E-state index is 11.7. The Labute approximate surface area is 172 Å². The lowest BCUT2D eigenvalue weighted by molar-refractivity contribution is -0.122. The van der Waals surface area contributed by atoms with Gasteiger partial charge in [-0.05, 0) is 30.9 Å². The quantitative estimate of drug-likeness (QED) is 0.513. The molecule has 10 nitrogen and oxygen atoms in total. The molecule has 0 unspecified atom stereocenters. The van der Waals surface area contributed by atoms with Gasteiger partial charge in [0.05, 0.1) is 18.4 Å². The van der Waals surface area contributed by atoms with E-state index in [1.165, 1.54) is 0 Å². The molecule has 1 saturated carbocycles. The number of carbonyl (C=O) groups excluding carboxylic acids is 1. The Bertz CT molecular complexity index is 887. The number of nitrogens with zero attached hydrogens (tertiary/aromatic N) is 4. The van der Waals surface area contributed by atoms with Gasteiger partial charge in [-0.2, -0.15) is 9.97 Å². The van der Waals surface area contributed by atoms with Gasteiger partial charge in [0.25, 0.3) is 0 Å². The summed E-state index contributed by atoms with van der Waals surface area (Å²) in [6.45, 7) is 3.11. The lowest BCUT2D eigenvalue weighted by Gasteiger charge is -2.23. The zero-order chi connectivity index (χ0) is 20.5. The van der Waals surface area contributed by atoms with Gasteiger partial charge in [-0.15, -0.1) is 0 Å². The van der Waals surface area contributed by atoms with Gasteiger partial charge >= 0.3 is 0 Å². The van der Waals surface area contributed by atoms with Crippen LogP contribution < -0.4 is 10.6 Å². The van der Waals surface area contributed by atoms with Crippen molar-refractivity contribution in [3.05, 3.63) is 11.6 Å². The second-order valence-electron chi connectivity index (χ2n) is 7.51. The monoisotopic (exact) mass is 424 g/mol. The molecule has 1 amide bonds. The number of nitrogens with one attached hydrogen (secondary N) is 2. The van der Waals surface area contributed by atoms with Crippen molar-refractivity contribution in [3.8, 4) is 0 Å². The number of aromatic nitrogens is 4. The first-order valence-corrected chi connectivity index (χ1v) is 10.3. The molecule has 2 fully saturated rings. The molecule has 29 heavy (non-hydrogen) atoms. The van der Waals surface area contributed by atoms with Crippen molar-refractivity contribution in [2.75, 3.05) is 18.5 Å². The average molecular weight is 425 g/mol. The topological polar surface area (TPSA) is 134 Å². The van der Waals surface area contributed by atoms with E-state index in [1.54, 1.807) is 17.8 Å². The van der Waals surface area contributed by atoms with Crippen molar-refractivity contribution >= 4 is 34.5 Å². The van der Waals surface area contributed by atoms with Crippen LogP contribution in [0.1, 0.15) is 38.6 Å².